The molecule has 0 bridgehead atoms. The van der Waals surface area contributed by atoms with Crippen LogP contribution in [0.2, 0.25) is 0 Å². The Morgan fingerprint density at radius 3 is 2.69 bits per heavy atom. The summed E-state index contributed by atoms with van der Waals surface area (Å²) >= 11 is 0. The first kappa shape index (κ1) is 10.7. The Kier molecular flexibility index (Phi) is 2.90. The summed E-state index contributed by atoms with van der Waals surface area (Å²) < 4.78 is 0. The molecule has 0 saturated carbocycles. The molecule has 0 amide bonds. The lowest BCUT2D eigenvalue weighted by molar-refractivity contribution is 1.03. The predicted molar refractivity (Wildman–Crippen MR) is 64.4 cm³/mol. The molecule has 2 rings (SSSR count). The fourth-order valence-corrected chi connectivity index (χ4v) is 1.62. The highest BCUT2D eigenvalue weighted by atomic mass is 15.0. The summed E-state index contributed by atoms with van der Waals surface area (Å²) in [6, 6.07) is 4.06. The molecule has 0 unspecified atom stereocenters. The summed E-state index contributed by atoms with van der Waals surface area (Å²) in [4.78, 5) is 11.7. The number of anilines is 1. The molecule has 2 aromatic rings. The van der Waals surface area contributed by atoms with Gasteiger partial charge in [-0.1, -0.05) is 0 Å². The fourth-order valence-electron chi connectivity index (χ4n) is 1.62. The van der Waals surface area contributed by atoms with E-state index < -0.39 is 0 Å². The van der Waals surface area contributed by atoms with Crippen molar-refractivity contribution in [1.29, 1.82) is 0 Å². The van der Waals surface area contributed by atoms with Crippen molar-refractivity contribution in [2.24, 2.45) is 0 Å². The van der Waals surface area contributed by atoms with Crippen molar-refractivity contribution in [2.45, 2.75) is 27.3 Å². The van der Waals surface area contributed by atoms with E-state index in [-0.39, 0.29) is 0 Å². The molecule has 0 aliphatic rings. The molecule has 0 saturated heterocycles. The van der Waals surface area contributed by atoms with Gasteiger partial charge in [0.25, 0.3) is 0 Å². The Hall–Kier alpha value is -1.84. The lowest BCUT2D eigenvalue weighted by Gasteiger charge is -2.08. The summed E-state index contributed by atoms with van der Waals surface area (Å²) in [5.41, 5.74) is 5.27. The molecule has 0 aromatic carbocycles. The Morgan fingerprint density at radius 1 is 1.25 bits per heavy atom. The zero-order chi connectivity index (χ0) is 11.5. The highest BCUT2D eigenvalue weighted by Gasteiger charge is 2.03. The van der Waals surface area contributed by atoms with Crippen LogP contribution in [0.25, 0.3) is 0 Å². The second-order valence-corrected chi connectivity index (χ2v) is 3.91. The minimum Gasteiger partial charge on any atom is -0.378 e. The zero-order valence-corrected chi connectivity index (χ0v) is 9.83. The lowest BCUT2D eigenvalue weighted by atomic mass is 10.2. The van der Waals surface area contributed by atoms with E-state index >= 15 is 0 Å². The van der Waals surface area contributed by atoms with Crippen LogP contribution in [-0.2, 0) is 6.54 Å². The first-order valence-electron chi connectivity index (χ1n) is 5.34. The number of hydrogen-bond donors (Lipinski definition) is 2. The van der Waals surface area contributed by atoms with Crippen molar-refractivity contribution in [1.82, 2.24) is 15.0 Å². The third kappa shape index (κ3) is 2.21. The van der Waals surface area contributed by atoms with E-state index in [1.54, 1.807) is 6.33 Å². The number of imidazole rings is 1. The maximum Gasteiger partial charge on any atom is 0.0925 e. The average molecular weight is 216 g/mol. The van der Waals surface area contributed by atoms with Gasteiger partial charge in [0.05, 0.1) is 29.9 Å². The number of H-pyrrole nitrogens is 1. The zero-order valence-electron chi connectivity index (χ0n) is 9.83. The third-order valence-electron chi connectivity index (χ3n) is 2.61. The largest absolute Gasteiger partial charge is 0.378 e. The van der Waals surface area contributed by atoms with E-state index in [4.69, 9.17) is 0 Å². The van der Waals surface area contributed by atoms with Gasteiger partial charge in [-0.3, -0.25) is 4.98 Å². The van der Waals surface area contributed by atoms with Gasteiger partial charge in [-0.2, -0.15) is 0 Å². The molecular weight excluding hydrogens is 200 g/mol. The standard InChI is InChI=1S/C12H16N4/c1-8-4-5-11(10(3)16-8)13-6-12-9(2)14-7-15-12/h4-5,7,13H,6H2,1-3H3,(H,14,15). The molecule has 4 heteroatoms. The van der Waals surface area contributed by atoms with Gasteiger partial charge in [-0.25, -0.2) is 4.98 Å². The quantitative estimate of drug-likeness (QED) is 0.828. The first-order chi connectivity index (χ1) is 7.66. The molecule has 2 aromatic heterocycles. The number of aryl methyl sites for hydroxylation is 3. The van der Waals surface area contributed by atoms with Gasteiger partial charge in [0.15, 0.2) is 0 Å². The van der Waals surface area contributed by atoms with Crippen molar-refractivity contribution < 1.29 is 0 Å². The van der Waals surface area contributed by atoms with E-state index in [1.165, 1.54) is 0 Å². The maximum absolute atomic E-state index is 4.41. The van der Waals surface area contributed by atoms with Gasteiger partial charge in [0.2, 0.25) is 0 Å². The Labute approximate surface area is 95.1 Å². The van der Waals surface area contributed by atoms with Crippen LogP contribution in [0.15, 0.2) is 18.5 Å². The minimum atomic E-state index is 0.723. The molecule has 2 N–H and O–H groups in total. The molecule has 0 atom stereocenters. The summed E-state index contributed by atoms with van der Waals surface area (Å²) in [7, 11) is 0. The molecule has 0 spiro atoms. The number of nitrogens with zero attached hydrogens (tertiary/aromatic N) is 2. The number of pyridine rings is 1. The smallest absolute Gasteiger partial charge is 0.0925 e. The highest BCUT2D eigenvalue weighted by Crippen LogP contribution is 2.14. The van der Waals surface area contributed by atoms with Crippen LogP contribution in [0.5, 0.6) is 0 Å². The number of hydrogen-bond acceptors (Lipinski definition) is 3. The van der Waals surface area contributed by atoms with Crippen LogP contribution in [0.3, 0.4) is 0 Å². The SMILES string of the molecule is Cc1ccc(NCc2nc[nH]c2C)c(C)n1. The average Bonchev–Trinajstić information content (AvgIpc) is 2.63. The molecule has 0 radical (unpaired) electrons. The van der Waals surface area contributed by atoms with Gasteiger partial charge >= 0.3 is 0 Å². The van der Waals surface area contributed by atoms with Gasteiger partial charge in [-0.05, 0) is 32.9 Å². The van der Waals surface area contributed by atoms with Gasteiger partial charge < -0.3 is 10.3 Å². The minimum absolute atomic E-state index is 0.723. The molecule has 16 heavy (non-hydrogen) atoms. The van der Waals surface area contributed by atoms with Gasteiger partial charge in [0, 0.05) is 11.4 Å². The van der Waals surface area contributed by atoms with Gasteiger partial charge in [0.1, 0.15) is 0 Å². The number of nitrogens with one attached hydrogen (secondary N) is 2. The Balaban J connectivity index is 2.08. The first-order valence-corrected chi connectivity index (χ1v) is 5.34. The number of aromatic nitrogens is 3. The summed E-state index contributed by atoms with van der Waals surface area (Å²) in [6.45, 7) is 6.74. The van der Waals surface area contributed by atoms with Crippen LogP contribution in [-0.4, -0.2) is 15.0 Å². The van der Waals surface area contributed by atoms with E-state index in [2.05, 4.69) is 26.3 Å². The van der Waals surface area contributed by atoms with Crippen LogP contribution in [0.4, 0.5) is 5.69 Å². The molecule has 0 fully saturated rings. The van der Waals surface area contributed by atoms with E-state index in [0.717, 1.165) is 35.0 Å². The monoisotopic (exact) mass is 216 g/mol. The van der Waals surface area contributed by atoms with E-state index in [9.17, 15) is 0 Å². The molecule has 0 aliphatic carbocycles. The molecule has 84 valence electrons. The lowest BCUT2D eigenvalue weighted by Crippen LogP contribution is -2.04. The predicted octanol–water partition coefficient (Wildman–Crippen LogP) is 2.34. The topological polar surface area (TPSA) is 53.6 Å². The second-order valence-electron chi connectivity index (χ2n) is 3.91. The Morgan fingerprint density at radius 2 is 2.06 bits per heavy atom. The number of aromatic amines is 1. The van der Waals surface area contributed by atoms with E-state index in [0.29, 0.717) is 0 Å². The van der Waals surface area contributed by atoms with Crippen molar-refractivity contribution in [2.75, 3.05) is 5.32 Å². The summed E-state index contributed by atoms with van der Waals surface area (Å²) in [5, 5.41) is 3.34. The summed E-state index contributed by atoms with van der Waals surface area (Å²) in [6.07, 6.45) is 1.71. The van der Waals surface area contributed by atoms with Crippen molar-refractivity contribution in [3.8, 4) is 0 Å². The van der Waals surface area contributed by atoms with Crippen molar-refractivity contribution >= 4 is 5.69 Å². The van der Waals surface area contributed by atoms with Crippen LogP contribution in [0, 0.1) is 20.8 Å². The normalized spacial score (nSPS) is 10.4. The molecular formula is C12H16N4. The van der Waals surface area contributed by atoms with Crippen molar-refractivity contribution in [3.05, 3.63) is 41.2 Å². The molecule has 2 heterocycles. The summed E-state index contributed by atoms with van der Waals surface area (Å²) in [5.74, 6) is 0. The molecule has 0 aliphatic heterocycles. The van der Waals surface area contributed by atoms with Crippen molar-refractivity contribution in [3.63, 3.8) is 0 Å². The van der Waals surface area contributed by atoms with Crippen LogP contribution in [0.1, 0.15) is 22.8 Å². The highest BCUT2D eigenvalue weighted by molar-refractivity contribution is 5.47. The fraction of sp³-hybridized carbons (Fsp3) is 0.333. The van der Waals surface area contributed by atoms with Crippen LogP contribution < -0.4 is 5.32 Å². The second kappa shape index (κ2) is 4.35. The third-order valence-corrected chi connectivity index (χ3v) is 2.61. The van der Waals surface area contributed by atoms with Gasteiger partial charge in [-0.15, -0.1) is 0 Å². The maximum atomic E-state index is 4.41. The Bertz CT molecular complexity index is 488. The molecule has 4 nitrogen and oxygen atoms in total. The van der Waals surface area contributed by atoms with E-state index in [1.807, 2.05) is 26.8 Å². The number of rotatable bonds is 3. The van der Waals surface area contributed by atoms with Crippen LogP contribution >= 0.6 is 0 Å².